The van der Waals surface area contributed by atoms with Gasteiger partial charge in [-0.3, -0.25) is 19.3 Å². The second-order valence-electron chi connectivity index (χ2n) is 5.61. The molecule has 1 saturated heterocycles. The maximum absolute atomic E-state index is 12.2. The number of nitrogens with one attached hydrogen (secondary N) is 3. The van der Waals surface area contributed by atoms with Crippen molar-refractivity contribution >= 4 is 11.8 Å². The van der Waals surface area contributed by atoms with Gasteiger partial charge in [0.25, 0.3) is 5.91 Å². The number of carbonyl (C=O) groups is 2. The molecule has 22 heavy (non-hydrogen) atoms. The summed E-state index contributed by atoms with van der Waals surface area (Å²) in [5, 5.41) is 5.56. The highest BCUT2D eigenvalue weighted by atomic mass is 16.2. The minimum Gasteiger partial charge on any atom is -0.358 e. The van der Waals surface area contributed by atoms with Gasteiger partial charge in [0.15, 0.2) is 0 Å². The van der Waals surface area contributed by atoms with Crippen LogP contribution in [0.15, 0.2) is 16.9 Å². The van der Waals surface area contributed by atoms with Crippen LogP contribution in [0, 0.1) is 6.92 Å². The van der Waals surface area contributed by atoms with Gasteiger partial charge in [0.1, 0.15) is 0 Å². The summed E-state index contributed by atoms with van der Waals surface area (Å²) in [6.45, 7) is 3.68. The van der Waals surface area contributed by atoms with E-state index in [1.807, 2.05) is 0 Å². The van der Waals surface area contributed by atoms with E-state index in [9.17, 15) is 14.4 Å². The molecule has 0 bridgehead atoms. The number of hydrogen-bond donors (Lipinski definition) is 3. The number of aromatic nitrogens is 1. The van der Waals surface area contributed by atoms with Gasteiger partial charge in [0.2, 0.25) is 11.5 Å². The Morgan fingerprint density at radius 3 is 2.59 bits per heavy atom. The zero-order valence-corrected chi connectivity index (χ0v) is 12.9. The number of aromatic amines is 1. The Kier molecular flexibility index (Phi) is 5.32. The number of piperidine rings is 1. The van der Waals surface area contributed by atoms with Gasteiger partial charge >= 0.3 is 0 Å². The molecule has 1 aromatic heterocycles. The van der Waals surface area contributed by atoms with Gasteiger partial charge in [-0.05, 0) is 25.8 Å². The number of likely N-dealkylation sites (N-methyl/N-ethyl adjacent to an activating group) is 1. The molecule has 0 unspecified atom stereocenters. The number of rotatable bonds is 4. The number of pyridine rings is 1. The van der Waals surface area contributed by atoms with Gasteiger partial charge in [-0.15, -0.1) is 0 Å². The van der Waals surface area contributed by atoms with Crippen LogP contribution in [0.4, 0.5) is 0 Å². The second kappa shape index (κ2) is 7.22. The fourth-order valence-corrected chi connectivity index (χ4v) is 2.60. The van der Waals surface area contributed by atoms with Gasteiger partial charge in [0.05, 0.1) is 6.54 Å². The molecule has 1 aliphatic rings. The first-order valence-corrected chi connectivity index (χ1v) is 7.42. The van der Waals surface area contributed by atoms with Gasteiger partial charge in [0, 0.05) is 43.5 Å². The van der Waals surface area contributed by atoms with Crippen LogP contribution < -0.4 is 16.2 Å². The van der Waals surface area contributed by atoms with E-state index in [2.05, 4.69) is 20.5 Å². The molecule has 0 aromatic carbocycles. The van der Waals surface area contributed by atoms with Gasteiger partial charge in [-0.1, -0.05) is 0 Å². The maximum Gasteiger partial charge on any atom is 0.251 e. The van der Waals surface area contributed by atoms with E-state index < -0.39 is 0 Å². The average Bonchev–Trinajstić information content (AvgIpc) is 2.48. The summed E-state index contributed by atoms with van der Waals surface area (Å²) < 4.78 is 0. The summed E-state index contributed by atoms with van der Waals surface area (Å²) in [5.41, 5.74) is 0.776. The van der Waals surface area contributed by atoms with Crippen LogP contribution in [0.5, 0.6) is 0 Å². The van der Waals surface area contributed by atoms with Crippen LogP contribution >= 0.6 is 0 Å². The monoisotopic (exact) mass is 306 g/mol. The summed E-state index contributed by atoms with van der Waals surface area (Å²) in [6, 6.07) is 3.05. The molecule has 120 valence electrons. The highest BCUT2D eigenvalue weighted by Gasteiger charge is 2.22. The molecule has 2 amide bonds. The first-order chi connectivity index (χ1) is 10.5. The van der Waals surface area contributed by atoms with E-state index >= 15 is 0 Å². The van der Waals surface area contributed by atoms with Gasteiger partial charge in [-0.2, -0.15) is 0 Å². The largest absolute Gasteiger partial charge is 0.358 e. The predicted molar refractivity (Wildman–Crippen MR) is 82.8 cm³/mol. The quantitative estimate of drug-likeness (QED) is 0.707. The third-order valence-corrected chi connectivity index (χ3v) is 3.81. The highest BCUT2D eigenvalue weighted by molar-refractivity contribution is 5.94. The molecular formula is C15H22N4O3. The minimum absolute atomic E-state index is 0.00136. The summed E-state index contributed by atoms with van der Waals surface area (Å²) >= 11 is 0. The third-order valence-electron chi connectivity index (χ3n) is 3.81. The van der Waals surface area contributed by atoms with Crippen molar-refractivity contribution in [3.63, 3.8) is 0 Å². The summed E-state index contributed by atoms with van der Waals surface area (Å²) in [5.74, 6) is -0.222. The summed E-state index contributed by atoms with van der Waals surface area (Å²) in [7, 11) is 1.62. The Hall–Kier alpha value is -2.15. The van der Waals surface area contributed by atoms with Crippen molar-refractivity contribution in [3.8, 4) is 0 Å². The Labute approximate surface area is 129 Å². The molecule has 1 fully saturated rings. The summed E-state index contributed by atoms with van der Waals surface area (Å²) in [4.78, 5) is 39.6. The minimum atomic E-state index is -0.273. The van der Waals surface area contributed by atoms with E-state index in [0.717, 1.165) is 25.9 Å². The van der Waals surface area contributed by atoms with Crippen molar-refractivity contribution in [1.29, 1.82) is 0 Å². The molecule has 3 N–H and O–H groups in total. The van der Waals surface area contributed by atoms with Crippen molar-refractivity contribution in [2.24, 2.45) is 0 Å². The van der Waals surface area contributed by atoms with Crippen LogP contribution in [-0.4, -0.2) is 54.4 Å². The summed E-state index contributed by atoms with van der Waals surface area (Å²) in [6.07, 6.45) is 1.59. The standard InChI is InChI=1S/C15H22N4O3/c1-10-7-11(8-13(20)17-10)15(22)18-12-3-5-19(6-4-12)9-14(21)16-2/h7-8,12H,3-6,9H2,1-2H3,(H,16,21)(H,17,20)(H,18,22). The van der Waals surface area contributed by atoms with E-state index in [1.54, 1.807) is 20.0 Å². The van der Waals surface area contributed by atoms with Crippen molar-refractivity contribution < 1.29 is 9.59 Å². The van der Waals surface area contributed by atoms with E-state index in [-0.39, 0.29) is 23.4 Å². The van der Waals surface area contributed by atoms with Crippen molar-refractivity contribution in [1.82, 2.24) is 20.5 Å². The van der Waals surface area contributed by atoms with Crippen molar-refractivity contribution in [2.75, 3.05) is 26.7 Å². The Bertz CT molecular complexity index is 603. The van der Waals surface area contributed by atoms with Crippen LogP contribution in [0.2, 0.25) is 0 Å². The number of carbonyl (C=O) groups excluding carboxylic acids is 2. The molecule has 7 nitrogen and oxygen atoms in total. The molecule has 0 saturated carbocycles. The lowest BCUT2D eigenvalue weighted by Crippen LogP contribution is -2.47. The zero-order chi connectivity index (χ0) is 16.1. The Morgan fingerprint density at radius 1 is 1.32 bits per heavy atom. The number of H-pyrrole nitrogens is 1. The number of likely N-dealkylation sites (tertiary alicyclic amines) is 1. The number of amides is 2. The van der Waals surface area contributed by atoms with Crippen molar-refractivity contribution in [3.05, 3.63) is 33.7 Å². The highest BCUT2D eigenvalue weighted by Crippen LogP contribution is 2.11. The topological polar surface area (TPSA) is 94.3 Å². The normalized spacial score (nSPS) is 16.3. The average molecular weight is 306 g/mol. The molecule has 0 atom stereocenters. The van der Waals surface area contributed by atoms with Crippen molar-refractivity contribution in [2.45, 2.75) is 25.8 Å². The SMILES string of the molecule is CNC(=O)CN1CCC(NC(=O)c2cc(C)[nH]c(=O)c2)CC1. The lowest BCUT2D eigenvalue weighted by molar-refractivity contribution is -0.122. The van der Waals surface area contributed by atoms with E-state index in [0.29, 0.717) is 17.8 Å². The molecule has 7 heteroatoms. The first kappa shape index (κ1) is 16.2. The number of hydrogen-bond acceptors (Lipinski definition) is 4. The van der Waals surface area contributed by atoms with E-state index in [1.165, 1.54) is 6.07 Å². The van der Waals surface area contributed by atoms with E-state index in [4.69, 9.17) is 0 Å². The molecule has 1 aliphatic heterocycles. The lowest BCUT2D eigenvalue weighted by atomic mass is 10.0. The van der Waals surface area contributed by atoms with Gasteiger partial charge in [-0.25, -0.2) is 0 Å². The zero-order valence-electron chi connectivity index (χ0n) is 12.9. The smallest absolute Gasteiger partial charge is 0.251 e. The second-order valence-corrected chi connectivity index (χ2v) is 5.61. The molecule has 0 radical (unpaired) electrons. The molecule has 2 heterocycles. The number of nitrogens with zero attached hydrogens (tertiary/aromatic N) is 1. The maximum atomic E-state index is 12.2. The molecule has 1 aromatic rings. The van der Waals surface area contributed by atoms with Crippen LogP contribution in [0.3, 0.4) is 0 Å². The van der Waals surface area contributed by atoms with Crippen LogP contribution in [-0.2, 0) is 4.79 Å². The number of aryl methyl sites for hydroxylation is 1. The molecule has 0 aliphatic carbocycles. The fraction of sp³-hybridized carbons (Fsp3) is 0.533. The lowest BCUT2D eigenvalue weighted by Gasteiger charge is -2.31. The molecular weight excluding hydrogens is 284 g/mol. The van der Waals surface area contributed by atoms with Crippen LogP contribution in [0.1, 0.15) is 28.9 Å². The predicted octanol–water partition coefficient (Wildman–Crippen LogP) is -0.376. The first-order valence-electron chi connectivity index (χ1n) is 7.42. The Balaban J connectivity index is 1.86. The molecule has 2 rings (SSSR count). The third kappa shape index (κ3) is 4.42. The fourth-order valence-electron chi connectivity index (χ4n) is 2.60. The Morgan fingerprint density at radius 2 is 2.00 bits per heavy atom. The van der Waals surface area contributed by atoms with Gasteiger partial charge < -0.3 is 15.6 Å². The molecule has 0 spiro atoms. The van der Waals surface area contributed by atoms with Crippen LogP contribution in [0.25, 0.3) is 0 Å².